The molecule has 2 heterocycles. The number of carbonyl (C=O) groups is 2. The summed E-state index contributed by atoms with van der Waals surface area (Å²) in [4.78, 5) is 24.9. The summed E-state index contributed by atoms with van der Waals surface area (Å²) in [5, 5.41) is 2.71. The van der Waals surface area contributed by atoms with Gasteiger partial charge in [0.25, 0.3) is 0 Å². The molecule has 15 heavy (non-hydrogen) atoms. The fraction of sp³-hybridized carbons (Fsp3) is 0.818. The number of hydrogen-bond acceptors (Lipinski definition) is 2. The lowest BCUT2D eigenvalue weighted by molar-refractivity contribution is -0.137. The SMILES string of the molecule is CC1CCN(C(=O)C2CNC(=O)C2)CC1. The van der Waals surface area contributed by atoms with Gasteiger partial charge in [-0.25, -0.2) is 0 Å². The van der Waals surface area contributed by atoms with E-state index in [0.29, 0.717) is 13.0 Å². The van der Waals surface area contributed by atoms with Gasteiger partial charge in [-0.05, 0) is 18.8 Å². The van der Waals surface area contributed by atoms with Gasteiger partial charge in [0.05, 0.1) is 5.92 Å². The largest absolute Gasteiger partial charge is 0.355 e. The molecule has 0 bridgehead atoms. The highest BCUT2D eigenvalue weighted by atomic mass is 16.2. The van der Waals surface area contributed by atoms with E-state index < -0.39 is 0 Å². The van der Waals surface area contributed by atoms with Crippen molar-refractivity contribution in [2.75, 3.05) is 19.6 Å². The molecule has 0 spiro atoms. The lowest BCUT2D eigenvalue weighted by Crippen LogP contribution is -2.41. The molecule has 1 N–H and O–H groups in total. The van der Waals surface area contributed by atoms with Crippen molar-refractivity contribution in [1.82, 2.24) is 10.2 Å². The fourth-order valence-electron chi connectivity index (χ4n) is 2.27. The van der Waals surface area contributed by atoms with Crippen molar-refractivity contribution in [2.45, 2.75) is 26.2 Å². The third kappa shape index (κ3) is 2.30. The molecule has 2 amide bonds. The van der Waals surface area contributed by atoms with Gasteiger partial charge in [-0.2, -0.15) is 0 Å². The summed E-state index contributed by atoms with van der Waals surface area (Å²) >= 11 is 0. The topological polar surface area (TPSA) is 49.4 Å². The van der Waals surface area contributed by atoms with E-state index in [2.05, 4.69) is 12.2 Å². The molecule has 84 valence electrons. The van der Waals surface area contributed by atoms with Crippen LogP contribution in [-0.2, 0) is 9.59 Å². The van der Waals surface area contributed by atoms with E-state index in [1.54, 1.807) is 0 Å². The second-order valence-corrected chi connectivity index (χ2v) is 4.71. The number of amides is 2. The molecule has 0 aromatic heterocycles. The average Bonchev–Trinajstić information content (AvgIpc) is 2.65. The molecule has 2 aliphatic rings. The molecule has 0 aromatic carbocycles. The second kappa shape index (κ2) is 4.21. The van der Waals surface area contributed by atoms with Crippen molar-refractivity contribution < 1.29 is 9.59 Å². The number of nitrogens with one attached hydrogen (secondary N) is 1. The van der Waals surface area contributed by atoms with E-state index in [1.165, 1.54) is 0 Å². The van der Waals surface area contributed by atoms with Crippen LogP contribution < -0.4 is 5.32 Å². The number of carbonyl (C=O) groups excluding carboxylic acids is 2. The van der Waals surface area contributed by atoms with Crippen molar-refractivity contribution >= 4 is 11.8 Å². The Labute approximate surface area is 90.0 Å². The van der Waals surface area contributed by atoms with Crippen LogP contribution in [0.4, 0.5) is 0 Å². The Morgan fingerprint density at radius 1 is 1.40 bits per heavy atom. The Morgan fingerprint density at radius 3 is 2.60 bits per heavy atom. The van der Waals surface area contributed by atoms with Crippen LogP contribution in [0.15, 0.2) is 0 Å². The first-order valence-corrected chi connectivity index (χ1v) is 5.72. The van der Waals surface area contributed by atoms with Crippen LogP contribution in [0.5, 0.6) is 0 Å². The predicted octanol–water partition coefficient (Wildman–Crippen LogP) is 0.381. The zero-order valence-electron chi connectivity index (χ0n) is 9.16. The first-order valence-electron chi connectivity index (χ1n) is 5.72. The molecule has 0 aromatic rings. The smallest absolute Gasteiger partial charge is 0.227 e. The molecule has 4 heteroatoms. The van der Waals surface area contributed by atoms with Crippen LogP contribution >= 0.6 is 0 Å². The van der Waals surface area contributed by atoms with Crippen LogP contribution in [0.3, 0.4) is 0 Å². The summed E-state index contributed by atoms with van der Waals surface area (Å²) in [6, 6.07) is 0. The second-order valence-electron chi connectivity index (χ2n) is 4.71. The van der Waals surface area contributed by atoms with Crippen LogP contribution in [0.25, 0.3) is 0 Å². The summed E-state index contributed by atoms with van der Waals surface area (Å²) in [5.41, 5.74) is 0. The zero-order valence-corrected chi connectivity index (χ0v) is 9.16. The Kier molecular flexibility index (Phi) is 2.93. The maximum atomic E-state index is 12.0. The van der Waals surface area contributed by atoms with Crippen molar-refractivity contribution in [3.8, 4) is 0 Å². The lowest BCUT2D eigenvalue weighted by Gasteiger charge is -2.31. The van der Waals surface area contributed by atoms with Gasteiger partial charge in [-0.1, -0.05) is 6.92 Å². The van der Waals surface area contributed by atoms with Crippen LogP contribution in [0.1, 0.15) is 26.2 Å². The van der Waals surface area contributed by atoms with Gasteiger partial charge in [0, 0.05) is 26.1 Å². The Morgan fingerprint density at radius 2 is 2.07 bits per heavy atom. The van der Waals surface area contributed by atoms with E-state index in [9.17, 15) is 9.59 Å². The van der Waals surface area contributed by atoms with Gasteiger partial charge in [-0.15, -0.1) is 0 Å². The molecular weight excluding hydrogens is 192 g/mol. The minimum atomic E-state index is -0.106. The molecule has 1 unspecified atom stereocenters. The summed E-state index contributed by atoms with van der Waals surface area (Å²) in [6.07, 6.45) is 2.57. The van der Waals surface area contributed by atoms with Crippen molar-refractivity contribution in [3.05, 3.63) is 0 Å². The fourth-order valence-corrected chi connectivity index (χ4v) is 2.27. The first kappa shape index (κ1) is 10.5. The normalized spacial score (nSPS) is 27.9. The van der Waals surface area contributed by atoms with Crippen LogP contribution in [0.2, 0.25) is 0 Å². The maximum Gasteiger partial charge on any atom is 0.227 e. The highest BCUT2D eigenvalue weighted by Crippen LogP contribution is 2.20. The average molecular weight is 210 g/mol. The molecule has 0 aliphatic carbocycles. The predicted molar refractivity (Wildman–Crippen MR) is 56.1 cm³/mol. The molecule has 1 atom stereocenters. The monoisotopic (exact) mass is 210 g/mol. The highest BCUT2D eigenvalue weighted by molar-refractivity contribution is 5.89. The number of rotatable bonds is 1. The van der Waals surface area contributed by atoms with Crippen molar-refractivity contribution in [3.63, 3.8) is 0 Å². The molecule has 4 nitrogen and oxygen atoms in total. The van der Waals surface area contributed by atoms with E-state index in [-0.39, 0.29) is 17.7 Å². The van der Waals surface area contributed by atoms with Crippen LogP contribution in [-0.4, -0.2) is 36.3 Å². The van der Waals surface area contributed by atoms with Gasteiger partial charge in [0.2, 0.25) is 11.8 Å². The minimum Gasteiger partial charge on any atom is -0.355 e. The van der Waals surface area contributed by atoms with Gasteiger partial charge in [0.1, 0.15) is 0 Å². The van der Waals surface area contributed by atoms with E-state index in [4.69, 9.17) is 0 Å². The summed E-state index contributed by atoms with van der Waals surface area (Å²) < 4.78 is 0. The van der Waals surface area contributed by atoms with E-state index >= 15 is 0 Å². The lowest BCUT2D eigenvalue weighted by atomic mass is 9.97. The van der Waals surface area contributed by atoms with Gasteiger partial charge in [-0.3, -0.25) is 9.59 Å². The summed E-state index contributed by atoms with van der Waals surface area (Å²) in [6.45, 7) is 4.49. The van der Waals surface area contributed by atoms with E-state index in [0.717, 1.165) is 31.8 Å². The zero-order chi connectivity index (χ0) is 10.8. The van der Waals surface area contributed by atoms with Crippen molar-refractivity contribution in [2.24, 2.45) is 11.8 Å². The molecule has 0 saturated carbocycles. The van der Waals surface area contributed by atoms with Gasteiger partial charge < -0.3 is 10.2 Å². The molecule has 0 radical (unpaired) electrons. The number of piperidine rings is 1. The molecule has 2 saturated heterocycles. The Hall–Kier alpha value is -1.06. The first-order chi connectivity index (χ1) is 7.16. The molecule has 2 rings (SSSR count). The molecule has 2 aliphatic heterocycles. The van der Waals surface area contributed by atoms with Gasteiger partial charge in [0.15, 0.2) is 0 Å². The van der Waals surface area contributed by atoms with Crippen molar-refractivity contribution in [1.29, 1.82) is 0 Å². The van der Waals surface area contributed by atoms with E-state index in [1.807, 2.05) is 4.90 Å². The molecule has 2 fully saturated rings. The van der Waals surface area contributed by atoms with Gasteiger partial charge >= 0.3 is 0 Å². The summed E-state index contributed by atoms with van der Waals surface area (Å²) in [5.74, 6) is 0.808. The minimum absolute atomic E-state index is 0.0127. The Balaban J connectivity index is 1.88. The molecular formula is C11H18N2O2. The van der Waals surface area contributed by atoms with Crippen LogP contribution in [0, 0.1) is 11.8 Å². The highest BCUT2D eigenvalue weighted by Gasteiger charge is 2.32. The standard InChI is InChI=1S/C11H18N2O2/c1-8-2-4-13(5-3-8)11(15)9-6-10(14)12-7-9/h8-9H,2-7H2,1H3,(H,12,14). The summed E-state index contributed by atoms with van der Waals surface area (Å²) in [7, 11) is 0. The Bertz CT molecular complexity index is 270. The number of likely N-dealkylation sites (tertiary alicyclic amines) is 1. The number of nitrogens with zero attached hydrogens (tertiary/aromatic N) is 1. The third-order valence-electron chi connectivity index (χ3n) is 3.42. The third-order valence-corrected chi connectivity index (χ3v) is 3.42. The number of hydrogen-bond donors (Lipinski definition) is 1. The quantitative estimate of drug-likeness (QED) is 0.680. The maximum absolute atomic E-state index is 12.0.